The maximum atomic E-state index is 5.19. The summed E-state index contributed by atoms with van der Waals surface area (Å²) in [5.41, 5.74) is 1.46. The molecule has 3 aromatic heterocycles. The van der Waals surface area contributed by atoms with Gasteiger partial charge in [-0.25, -0.2) is 4.98 Å². The smallest absolute Gasteiger partial charge is 0.274 e. The van der Waals surface area contributed by atoms with Crippen molar-refractivity contribution >= 4 is 0 Å². The topological polar surface area (TPSA) is 69.6 Å². The van der Waals surface area contributed by atoms with Crippen LogP contribution in [0.1, 0.15) is 0 Å². The van der Waals surface area contributed by atoms with Crippen LogP contribution >= 0.6 is 0 Å². The van der Waals surface area contributed by atoms with Gasteiger partial charge in [0.05, 0.1) is 6.20 Å². The Morgan fingerprint density at radius 2 is 2.24 bits per heavy atom. The second-order valence-corrected chi connectivity index (χ2v) is 3.52. The molecule has 0 saturated carbocycles. The summed E-state index contributed by atoms with van der Waals surface area (Å²) in [7, 11) is 1.92. The molecule has 0 amide bonds. The Hall–Kier alpha value is -2.50. The largest absolute Gasteiger partial charge is 0.347 e. The van der Waals surface area contributed by atoms with E-state index in [0.29, 0.717) is 17.4 Å². The molecule has 3 aromatic rings. The number of hydrogen-bond acceptors (Lipinski definition) is 5. The number of rotatable bonds is 2. The zero-order chi connectivity index (χ0) is 11.7. The summed E-state index contributed by atoms with van der Waals surface area (Å²) in [5, 5.41) is 3.88. The van der Waals surface area contributed by atoms with Gasteiger partial charge in [-0.05, 0) is 12.1 Å². The van der Waals surface area contributed by atoms with Crippen molar-refractivity contribution in [2.45, 2.75) is 0 Å². The summed E-state index contributed by atoms with van der Waals surface area (Å²) in [4.78, 5) is 12.4. The molecule has 3 heterocycles. The van der Waals surface area contributed by atoms with Gasteiger partial charge in [-0.2, -0.15) is 4.98 Å². The van der Waals surface area contributed by atoms with Crippen LogP contribution in [-0.2, 0) is 7.05 Å². The molecular formula is C11H9N5O. The van der Waals surface area contributed by atoms with E-state index in [1.165, 1.54) is 0 Å². The zero-order valence-electron chi connectivity index (χ0n) is 9.11. The van der Waals surface area contributed by atoms with Crippen molar-refractivity contribution in [1.29, 1.82) is 0 Å². The lowest BCUT2D eigenvalue weighted by atomic mass is 10.4. The molecule has 0 bridgehead atoms. The van der Waals surface area contributed by atoms with Crippen molar-refractivity contribution in [3.63, 3.8) is 0 Å². The summed E-state index contributed by atoms with van der Waals surface area (Å²) >= 11 is 0. The van der Waals surface area contributed by atoms with Gasteiger partial charge in [-0.1, -0.05) is 5.16 Å². The van der Waals surface area contributed by atoms with Gasteiger partial charge >= 0.3 is 0 Å². The molecular weight excluding hydrogens is 218 g/mol. The van der Waals surface area contributed by atoms with E-state index in [1.807, 2.05) is 29.9 Å². The maximum Gasteiger partial charge on any atom is 0.274 e. The highest BCUT2D eigenvalue weighted by Crippen LogP contribution is 2.20. The van der Waals surface area contributed by atoms with Crippen molar-refractivity contribution in [2.75, 3.05) is 0 Å². The molecule has 0 atom stereocenters. The highest BCUT2D eigenvalue weighted by atomic mass is 16.5. The van der Waals surface area contributed by atoms with Crippen molar-refractivity contribution in [3.05, 3.63) is 36.9 Å². The first-order valence-electron chi connectivity index (χ1n) is 5.06. The van der Waals surface area contributed by atoms with Crippen molar-refractivity contribution in [1.82, 2.24) is 24.7 Å². The Kier molecular flexibility index (Phi) is 2.18. The van der Waals surface area contributed by atoms with Crippen LogP contribution in [0, 0.1) is 0 Å². The standard InChI is InChI=1S/C11H9N5O/c1-16-6-2-3-9(16)11-14-10(15-17-11)8-7-12-4-5-13-8/h2-7H,1H3. The van der Waals surface area contributed by atoms with E-state index in [4.69, 9.17) is 4.52 Å². The highest BCUT2D eigenvalue weighted by molar-refractivity contribution is 5.53. The van der Waals surface area contributed by atoms with E-state index in [9.17, 15) is 0 Å². The molecule has 3 rings (SSSR count). The minimum Gasteiger partial charge on any atom is -0.347 e. The lowest BCUT2D eigenvalue weighted by Gasteiger charge is -1.94. The monoisotopic (exact) mass is 227 g/mol. The summed E-state index contributed by atoms with van der Waals surface area (Å²) in [6.45, 7) is 0. The van der Waals surface area contributed by atoms with Crippen molar-refractivity contribution < 1.29 is 4.52 Å². The number of aryl methyl sites for hydroxylation is 1. The summed E-state index contributed by atoms with van der Waals surface area (Å²) in [6.07, 6.45) is 6.71. The summed E-state index contributed by atoms with van der Waals surface area (Å²) in [5.74, 6) is 0.910. The first kappa shape index (κ1) is 9.71. The van der Waals surface area contributed by atoms with Gasteiger partial charge in [-0.15, -0.1) is 0 Å². The normalized spacial score (nSPS) is 10.6. The molecule has 0 spiro atoms. The van der Waals surface area contributed by atoms with E-state index in [1.54, 1.807) is 18.6 Å². The second-order valence-electron chi connectivity index (χ2n) is 3.52. The van der Waals surface area contributed by atoms with Crippen LogP contribution in [0.5, 0.6) is 0 Å². The van der Waals surface area contributed by atoms with Gasteiger partial charge < -0.3 is 9.09 Å². The molecule has 0 saturated heterocycles. The van der Waals surface area contributed by atoms with Crippen LogP contribution in [0.25, 0.3) is 23.1 Å². The first-order valence-corrected chi connectivity index (χ1v) is 5.06. The molecule has 0 radical (unpaired) electrons. The van der Waals surface area contributed by atoms with Crippen LogP contribution in [0.4, 0.5) is 0 Å². The molecule has 0 unspecified atom stereocenters. The van der Waals surface area contributed by atoms with E-state index < -0.39 is 0 Å². The molecule has 0 aromatic carbocycles. The molecule has 0 N–H and O–H groups in total. The zero-order valence-corrected chi connectivity index (χ0v) is 9.11. The average Bonchev–Trinajstić information content (AvgIpc) is 2.98. The number of aromatic nitrogens is 5. The second kappa shape index (κ2) is 3.82. The third kappa shape index (κ3) is 1.69. The average molecular weight is 227 g/mol. The fourth-order valence-electron chi connectivity index (χ4n) is 1.53. The molecule has 6 nitrogen and oxygen atoms in total. The van der Waals surface area contributed by atoms with Crippen LogP contribution in [0.3, 0.4) is 0 Å². The number of hydrogen-bond donors (Lipinski definition) is 0. The molecule has 0 aliphatic heterocycles. The Morgan fingerprint density at radius 1 is 1.29 bits per heavy atom. The van der Waals surface area contributed by atoms with Crippen molar-refractivity contribution in [2.24, 2.45) is 7.05 Å². The van der Waals surface area contributed by atoms with Gasteiger partial charge in [-0.3, -0.25) is 4.98 Å². The summed E-state index contributed by atoms with van der Waals surface area (Å²) in [6, 6.07) is 3.83. The highest BCUT2D eigenvalue weighted by Gasteiger charge is 2.13. The summed E-state index contributed by atoms with van der Waals surface area (Å²) < 4.78 is 7.11. The molecule has 0 aliphatic carbocycles. The van der Waals surface area contributed by atoms with Gasteiger partial charge in [0.25, 0.3) is 5.89 Å². The maximum absolute atomic E-state index is 5.19. The van der Waals surface area contributed by atoms with E-state index in [-0.39, 0.29) is 0 Å². The number of nitrogens with zero attached hydrogens (tertiary/aromatic N) is 5. The van der Waals surface area contributed by atoms with Crippen LogP contribution in [0.2, 0.25) is 0 Å². The predicted octanol–water partition coefficient (Wildman–Crippen LogP) is 1.53. The fraction of sp³-hybridized carbons (Fsp3) is 0.0909. The van der Waals surface area contributed by atoms with Gasteiger partial charge in [0, 0.05) is 25.6 Å². The molecule has 6 heteroatoms. The van der Waals surface area contributed by atoms with Crippen LogP contribution in [0.15, 0.2) is 41.4 Å². The lowest BCUT2D eigenvalue weighted by Crippen LogP contribution is -1.90. The Balaban J connectivity index is 2.02. The Labute approximate surface area is 97.0 Å². The molecule has 84 valence electrons. The minimum absolute atomic E-state index is 0.439. The third-order valence-electron chi connectivity index (χ3n) is 2.38. The van der Waals surface area contributed by atoms with Crippen LogP contribution < -0.4 is 0 Å². The van der Waals surface area contributed by atoms with Crippen LogP contribution in [-0.4, -0.2) is 24.7 Å². The van der Waals surface area contributed by atoms with Gasteiger partial charge in [0.2, 0.25) is 5.82 Å². The SMILES string of the molecule is Cn1cccc1-c1nc(-c2cnccn2)no1. The Bertz CT molecular complexity index is 628. The predicted molar refractivity (Wildman–Crippen MR) is 59.7 cm³/mol. The van der Waals surface area contributed by atoms with E-state index >= 15 is 0 Å². The van der Waals surface area contributed by atoms with Gasteiger partial charge in [0.15, 0.2) is 0 Å². The fourth-order valence-corrected chi connectivity index (χ4v) is 1.53. The Morgan fingerprint density at radius 3 is 2.94 bits per heavy atom. The minimum atomic E-state index is 0.439. The molecule has 17 heavy (non-hydrogen) atoms. The first-order chi connectivity index (χ1) is 8.34. The van der Waals surface area contributed by atoms with Gasteiger partial charge in [0.1, 0.15) is 11.4 Å². The van der Waals surface area contributed by atoms with E-state index in [0.717, 1.165) is 5.69 Å². The molecule has 0 fully saturated rings. The van der Waals surface area contributed by atoms with Crippen molar-refractivity contribution in [3.8, 4) is 23.1 Å². The molecule has 0 aliphatic rings. The van der Waals surface area contributed by atoms with E-state index in [2.05, 4.69) is 20.1 Å². The lowest BCUT2D eigenvalue weighted by molar-refractivity contribution is 0.429. The third-order valence-corrected chi connectivity index (χ3v) is 2.38. The quantitative estimate of drug-likeness (QED) is 0.664.